The Morgan fingerprint density at radius 2 is 1.80 bits per heavy atom. The second kappa shape index (κ2) is 16.9. The number of nitrogens with zero attached hydrogens (tertiary/aromatic N) is 1. The zero-order valence-electron chi connectivity index (χ0n) is 24.2. The predicted molar refractivity (Wildman–Crippen MR) is 158 cm³/mol. The van der Waals surface area contributed by atoms with Gasteiger partial charge in [0.05, 0.1) is 0 Å². The van der Waals surface area contributed by atoms with E-state index in [1.165, 1.54) is 4.90 Å². The van der Waals surface area contributed by atoms with E-state index in [-0.39, 0.29) is 43.2 Å². The van der Waals surface area contributed by atoms with Gasteiger partial charge in [0.25, 0.3) is 0 Å². The molecule has 0 spiro atoms. The lowest BCUT2D eigenvalue weighted by Crippen LogP contribution is -2.56. The van der Waals surface area contributed by atoms with Crippen molar-refractivity contribution in [3.8, 4) is 0 Å². The highest BCUT2D eigenvalue weighted by molar-refractivity contribution is 7.98. The van der Waals surface area contributed by atoms with Crippen molar-refractivity contribution in [3.05, 3.63) is 29.8 Å². The third kappa shape index (κ3) is 10.1. The van der Waals surface area contributed by atoms with E-state index >= 15 is 0 Å². The maximum atomic E-state index is 13.3. The van der Waals surface area contributed by atoms with Crippen LogP contribution in [0.1, 0.15) is 52.0 Å². The van der Waals surface area contributed by atoms with Crippen LogP contribution in [0.25, 0.3) is 0 Å². The molecule has 40 heavy (non-hydrogen) atoms. The van der Waals surface area contributed by atoms with E-state index in [1.807, 2.05) is 39.3 Å². The molecular formula is C28H44N6O5S. The van der Waals surface area contributed by atoms with Crippen LogP contribution in [0.2, 0.25) is 0 Å². The standard InChI is InChI=1S/C28H44N6O5S/c1-6-18(2)24(26(37)30-13-14-34-23(35)16-19(3)27(34)38)33-25(36)22(8-7-15-40-5)32-28(39)31-21-11-9-20(10-12-21)17-29-4/h9-12,18-19,22,24,29H,6-8,13-17H2,1-5H3,(H,30,37)(H,33,36)(H2,31,32,39)/t18-,19?,22-,24-/m0/s1. The summed E-state index contributed by atoms with van der Waals surface area (Å²) < 4.78 is 0. The number of hydrogen-bond acceptors (Lipinski definition) is 7. The number of likely N-dealkylation sites (tertiary alicyclic amines) is 1. The fourth-order valence-electron chi connectivity index (χ4n) is 4.38. The lowest BCUT2D eigenvalue weighted by molar-refractivity contribution is -0.139. The molecular weight excluding hydrogens is 532 g/mol. The molecule has 0 bridgehead atoms. The third-order valence-corrected chi connectivity index (χ3v) is 7.65. The second-order valence-corrected chi connectivity index (χ2v) is 11.2. The molecule has 1 heterocycles. The van der Waals surface area contributed by atoms with Gasteiger partial charge in [0, 0.05) is 37.7 Å². The van der Waals surface area contributed by atoms with Gasteiger partial charge >= 0.3 is 6.03 Å². The summed E-state index contributed by atoms with van der Waals surface area (Å²) in [6.45, 7) is 6.38. The summed E-state index contributed by atoms with van der Waals surface area (Å²) in [6.07, 6.45) is 3.90. The number of hydrogen-bond donors (Lipinski definition) is 5. The predicted octanol–water partition coefficient (Wildman–Crippen LogP) is 2.08. The van der Waals surface area contributed by atoms with Crippen molar-refractivity contribution in [1.82, 2.24) is 26.2 Å². The largest absolute Gasteiger partial charge is 0.353 e. The number of thioether (sulfide) groups is 1. The minimum atomic E-state index is -0.839. The molecule has 1 aromatic carbocycles. The van der Waals surface area contributed by atoms with Crippen LogP contribution in [-0.4, -0.2) is 78.8 Å². The molecule has 1 aromatic rings. The number of urea groups is 1. The van der Waals surface area contributed by atoms with Crippen molar-refractivity contribution >= 4 is 47.1 Å². The van der Waals surface area contributed by atoms with Gasteiger partial charge in [-0.25, -0.2) is 4.79 Å². The van der Waals surface area contributed by atoms with Crippen LogP contribution < -0.4 is 26.6 Å². The normalized spacial score (nSPS) is 17.2. The fraction of sp³-hybridized carbons (Fsp3) is 0.607. The number of nitrogens with one attached hydrogen (secondary N) is 5. The van der Waals surface area contributed by atoms with Crippen molar-refractivity contribution in [2.75, 3.05) is 37.5 Å². The maximum Gasteiger partial charge on any atom is 0.319 e. The summed E-state index contributed by atoms with van der Waals surface area (Å²) in [5.74, 6) is -1.04. The molecule has 1 saturated heterocycles. The molecule has 11 nitrogen and oxygen atoms in total. The molecule has 0 saturated carbocycles. The second-order valence-electron chi connectivity index (χ2n) is 10.2. The maximum absolute atomic E-state index is 13.3. The molecule has 4 atom stereocenters. The number of carbonyl (C=O) groups excluding carboxylic acids is 5. The number of anilines is 1. The summed E-state index contributed by atoms with van der Waals surface area (Å²) in [5, 5.41) is 14.2. The van der Waals surface area contributed by atoms with E-state index in [1.54, 1.807) is 30.8 Å². The minimum absolute atomic E-state index is 0.0872. The molecule has 6 amide bonds. The highest BCUT2D eigenvalue weighted by Gasteiger charge is 2.35. The van der Waals surface area contributed by atoms with Crippen LogP contribution in [0, 0.1) is 11.8 Å². The Morgan fingerprint density at radius 3 is 2.38 bits per heavy atom. The first-order valence-electron chi connectivity index (χ1n) is 13.8. The van der Waals surface area contributed by atoms with Gasteiger partial charge in [0.15, 0.2) is 0 Å². The van der Waals surface area contributed by atoms with Crippen molar-refractivity contribution < 1.29 is 24.0 Å². The van der Waals surface area contributed by atoms with Gasteiger partial charge in [-0.2, -0.15) is 11.8 Å². The van der Waals surface area contributed by atoms with E-state index in [0.29, 0.717) is 31.5 Å². The molecule has 1 aliphatic rings. The van der Waals surface area contributed by atoms with Crippen molar-refractivity contribution in [2.45, 2.75) is 65.1 Å². The van der Waals surface area contributed by atoms with E-state index in [0.717, 1.165) is 11.3 Å². The van der Waals surface area contributed by atoms with Crippen LogP contribution in [0.3, 0.4) is 0 Å². The molecule has 12 heteroatoms. The summed E-state index contributed by atoms with van der Waals surface area (Å²) in [7, 11) is 1.86. The zero-order chi connectivity index (χ0) is 29.7. The number of rotatable bonds is 16. The molecule has 1 fully saturated rings. The molecule has 5 N–H and O–H groups in total. The van der Waals surface area contributed by atoms with Gasteiger partial charge in [-0.3, -0.25) is 24.1 Å². The SMILES string of the molecule is CC[C@H](C)[C@H](NC(=O)[C@H](CCCSC)NC(=O)Nc1ccc(CNC)cc1)C(=O)NCCN1C(=O)CC(C)C1=O. The Balaban J connectivity index is 2.01. The Morgan fingerprint density at radius 1 is 1.10 bits per heavy atom. The van der Waals surface area contributed by atoms with Gasteiger partial charge in [0.2, 0.25) is 23.6 Å². The van der Waals surface area contributed by atoms with E-state index in [2.05, 4.69) is 26.6 Å². The van der Waals surface area contributed by atoms with Gasteiger partial charge in [0.1, 0.15) is 12.1 Å². The first-order valence-corrected chi connectivity index (χ1v) is 15.2. The average Bonchev–Trinajstić information content (AvgIpc) is 3.17. The Kier molecular flexibility index (Phi) is 13.9. The van der Waals surface area contributed by atoms with E-state index < -0.39 is 29.9 Å². The van der Waals surface area contributed by atoms with Gasteiger partial charge in [-0.15, -0.1) is 0 Å². The number of carbonyl (C=O) groups is 5. The van der Waals surface area contributed by atoms with Gasteiger partial charge in [-0.05, 0) is 55.5 Å². The van der Waals surface area contributed by atoms with Gasteiger partial charge in [-0.1, -0.05) is 39.3 Å². The summed E-state index contributed by atoms with van der Waals surface area (Å²) in [4.78, 5) is 64.5. The van der Waals surface area contributed by atoms with Crippen LogP contribution in [-0.2, 0) is 25.7 Å². The number of benzene rings is 1. The monoisotopic (exact) mass is 576 g/mol. The lowest BCUT2D eigenvalue weighted by atomic mass is 9.97. The van der Waals surface area contributed by atoms with Crippen LogP contribution >= 0.6 is 11.8 Å². The highest BCUT2D eigenvalue weighted by atomic mass is 32.2. The summed E-state index contributed by atoms with van der Waals surface area (Å²) in [5.41, 5.74) is 1.67. The molecule has 2 rings (SSSR count). The number of amides is 6. The molecule has 1 unspecified atom stereocenters. The zero-order valence-corrected chi connectivity index (χ0v) is 25.0. The first-order chi connectivity index (χ1) is 19.1. The Labute approximate surface area is 241 Å². The summed E-state index contributed by atoms with van der Waals surface area (Å²) in [6, 6.07) is 5.21. The Bertz CT molecular complexity index is 1020. The van der Waals surface area contributed by atoms with Crippen LogP contribution in [0.5, 0.6) is 0 Å². The van der Waals surface area contributed by atoms with Crippen LogP contribution in [0.15, 0.2) is 24.3 Å². The molecule has 0 radical (unpaired) electrons. The molecule has 0 aliphatic carbocycles. The molecule has 1 aliphatic heterocycles. The molecule has 0 aromatic heterocycles. The topological polar surface area (TPSA) is 149 Å². The van der Waals surface area contributed by atoms with Crippen molar-refractivity contribution in [1.29, 1.82) is 0 Å². The van der Waals surface area contributed by atoms with Crippen LogP contribution in [0.4, 0.5) is 10.5 Å². The quantitative estimate of drug-likeness (QED) is 0.149. The van der Waals surface area contributed by atoms with Gasteiger partial charge < -0.3 is 26.6 Å². The van der Waals surface area contributed by atoms with E-state index in [4.69, 9.17) is 0 Å². The third-order valence-electron chi connectivity index (χ3n) is 6.95. The minimum Gasteiger partial charge on any atom is -0.353 e. The first kappa shape index (κ1) is 33.1. The average molecular weight is 577 g/mol. The highest BCUT2D eigenvalue weighted by Crippen LogP contribution is 2.18. The smallest absolute Gasteiger partial charge is 0.319 e. The van der Waals surface area contributed by atoms with Crippen molar-refractivity contribution in [3.63, 3.8) is 0 Å². The fourth-order valence-corrected chi connectivity index (χ4v) is 4.83. The molecule has 222 valence electrons. The van der Waals surface area contributed by atoms with Crippen molar-refractivity contribution in [2.24, 2.45) is 11.8 Å². The number of imide groups is 1. The van der Waals surface area contributed by atoms with E-state index in [9.17, 15) is 24.0 Å². The lowest BCUT2D eigenvalue weighted by Gasteiger charge is -2.27. The Hall–Kier alpha value is -3.12. The summed E-state index contributed by atoms with van der Waals surface area (Å²) >= 11 is 1.65.